The van der Waals surface area contributed by atoms with Gasteiger partial charge in [0, 0.05) is 0 Å². The number of rotatable bonds is 5. The Morgan fingerprint density at radius 1 is 0.629 bits per heavy atom. The zero-order valence-electron chi connectivity index (χ0n) is 19.4. The third-order valence-corrected chi connectivity index (χ3v) is 6.47. The average Bonchev–Trinajstić information content (AvgIpc) is 2.88. The van der Waals surface area contributed by atoms with Gasteiger partial charge in [-0.1, -0.05) is 72.3 Å². The summed E-state index contributed by atoms with van der Waals surface area (Å²) in [6.07, 6.45) is 0. The lowest BCUT2D eigenvalue weighted by Crippen LogP contribution is -2.10. The minimum atomic E-state index is -0.536. The maximum Gasteiger partial charge on any atom is 0.339 e. The predicted octanol–water partition coefficient (Wildman–Crippen LogP) is 7.82. The van der Waals surface area contributed by atoms with Gasteiger partial charge in [-0.25, -0.2) is 9.59 Å². The number of carbonyl (C=O) groups excluding carboxylic acids is 2. The summed E-state index contributed by atoms with van der Waals surface area (Å²) in [6.45, 7) is 3.93. The van der Waals surface area contributed by atoms with Gasteiger partial charge in [-0.15, -0.1) is 0 Å². The lowest BCUT2D eigenvalue weighted by molar-refractivity contribution is 0.0512. The van der Waals surface area contributed by atoms with Crippen molar-refractivity contribution in [2.45, 2.75) is 13.8 Å². The molecule has 5 aromatic rings. The maximum absolute atomic E-state index is 12.9. The monoisotopic (exact) mass is 482 g/mol. The highest BCUT2D eigenvalue weighted by molar-refractivity contribution is 6.34. The first-order chi connectivity index (χ1) is 17.0. The number of hydrogen-bond donors (Lipinski definition) is 0. The minimum absolute atomic E-state index is 0.146. The summed E-state index contributed by atoms with van der Waals surface area (Å²) in [7, 11) is 0. The van der Waals surface area contributed by atoms with Crippen LogP contribution in [0.15, 0.2) is 78.9 Å². The van der Waals surface area contributed by atoms with Gasteiger partial charge in [-0.05, 0) is 75.5 Å². The second-order valence-electron chi connectivity index (χ2n) is 8.17. The normalized spacial score (nSPS) is 11.2. The molecule has 0 saturated heterocycles. The fourth-order valence-electron chi connectivity index (χ4n) is 4.63. The molecule has 0 aliphatic rings. The van der Waals surface area contributed by atoms with E-state index < -0.39 is 11.9 Å². The van der Waals surface area contributed by atoms with Crippen LogP contribution in [0, 0.1) is 0 Å². The molecule has 0 radical (unpaired) electrons. The number of hydrogen-bond acceptors (Lipinski definition) is 4. The molecule has 0 aliphatic heterocycles. The van der Waals surface area contributed by atoms with Crippen molar-refractivity contribution in [2.75, 3.05) is 13.2 Å². The Kier molecular flexibility index (Phi) is 6.14. The second-order valence-corrected chi connectivity index (χ2v) is 8.58. The molecule has 0 saturated carbocycles. The van der Waals surface area contributed by atoms with Gasteiger partial charge in [0.05, 0.1) is 29.4 Å². The van der Waals surface area contributed by atoms with Gasteiger partial charge in [0.1, 0.15) is 0 Å². The topological polar surface area (TPSA) is 52.6 Å². The van der Waals surface area contributed by atoms with Crippen molar-refractivity contribution in [1.29, 1.82) is 0 Å². The summed E-state index contributed by atoms with van der Waals surface area (Å²) in [6, 6.07) is 25.8. The van der Waals surface area contributed by atoms with E-state index in [1.807, 2.05) is 30.3 Å². The Labute approximate surface area is 208 Å². The van der Waals surface area contributed by atoms with Crippen LogP contribution in [0.5, 0.6) is 0 Å². The minimum Gasteiger partial charge on any atom is -0.462 e. The molecular weight excluding hydrogens is 460 g/mol. The molecular formula is C30H23ClO4. The highest BCUT2D eigenvalue weighted by atomic mass is 35.5. The molecule has 5 aromatic carbocycles. The molecule has 35 heavy (non-hydrogen) atoms. The quantitative estimate of drug-likeness (QED) is 0.189. The third-order valence-electron chi connectivity index (χ3n) is 6.15. The van der Waals surface area contributed by atoms with Gasteiger partial charge >= 0.3 is 11.9 Å². The van der Waals surface area contributed by atoms with Crippen LogP contribution < -0.4 is 0 Å². The molecule has 0 amide bonds. The molecule has 5 heteroatoms. The lowest BCUT2D eigenvalue weighted by atomic mass is 9.90. The molecule has 0 atom stereocenters. The van der Waals surface area contributed by atoms with Gasteiger partial charge < -0.3 is 9.47 Å². The standard InChI is InChI=1S/C30H23ClO4/c1-3-34-29(32)26-17-28(31)27(30(33)35-4-2)16-24(26)18-13-14-23-21-11-6-5-9-19(21)20-10-7-8-12-22(20)25(23)15-18/h5-17H,3-4H2,1-2H3. The van der Waals surface area contributed by atoms with Crippen LogP contribution in [0.3, 0.4) is 0 Å². The van der Waals surface area contributed by atoms with Gasteiger partial charge in [-0.2, -0.15) is 0 Å². The molecule has 5 rings (SSSR count). The molecule has 4 nitrogen and oxygen atoms in total. The number of esters is 2. The molecule has 0 aromatic heterocycles. The zero-order valence-corrected chi connectivity index (χ0v) is 20.2. The van der Waals surface area contributed by atoms with E-state index in [1.165, 1.54) is 11.5 Å². The predicted molar refractivity (Wildman–Crippen MR) is 141 cm³/mol. The van der Waals surface area contributed by atoms with E-state index in [4.69, 9.17) is 21.1 Å². The summed E-state index contributed by atoms with van der Waals surface area (Å²) in [4.78, 5) is 25.4. The smallest absolute Gasteiger partial charge is 0.339 e. The van der Waals surface area contributed by atoms with Crippen molar-refractivity contribution in [3.8, 4) is 11.1 Å². The highest BCUT2D eigenvalue weighted by Gasteiger charge is 2.22. The largest absolute Gasteiger partial charge is 0.462 e. The number of fused-ring (bicyclic) bond motifs is 6. The first kappa shape index (κ1) is 22.9. The second kappa shape index (κ2) is 9.40. The van der Waals surface area contributed by atoms with Crippen molar-refractivity contribution in [3.63, 3.8) is 0 Å². The summed E-state index contributed by atoms with van der Waals surface area (Å²) in [5, 5.41) is 6.92. The Morgan fingerprint density at radius 3 is 1.66 bits per heavy atom. The Hall–Kier alpha value is -3.89. The molecule has 0 bridgehead atoms. The van der Waals surface area contributed by atoms with Crippen LogP contribution in [-0.4, -0.2) is 25.2 Å². The van der Waals surface area contributed by atoms with E-state index in [0.717, 1.165) is 32.5 Å². The van der Waals surface area contributed by atoms with Crippen molar-refractivity contribution in [3.05, 3.63) is 95.0 Å². The van der Waals surface area contributed by atoms with Crippen molar-refractivity contribution in [1.82, 2.24) is 0 Å². The Bertz CT molecular complexity index is 1590. The van der Waals surface area contributed by atoms with Crippen LogP contribution in [-0.2, 0) is 9.47 Å². The Morgan fingerprint density at radius 2 is 1.11 bits per heavy atom. The summed E-state index contributed by atoms with van der Waals surface area (Å²) < 4.78 is 10.5. The fraction of sp³-hybridized carbons (Fsp3) is 0.133. The molecule has 0 heterocycles. The molecule has 0 aliphatic carbocycles. The first-order valence-corrected chi connectivity index (χ1v) is 11.9. The van der Waals surface area contributed by atoms with Gasteiger partial charge in [-0.3, -0.25) is 0 Å². The molecule has 0 N–H and O–H groups in total. The summed E-state index contributed by atoms with van der Waals surface area (Å²) in [5.74, 6) is -1.03. The van der Waals surface area contributed by atoms with Crippen LogP contribution in [0.2, 0.25) is 5.02 Å². The highest BCUT2D eigenvalue weighted by Crippen LogP contribution is 2.38. The van der Waals surface area contributed by atoms with Gasteiger partial charge in [0.15, 0.2) is 0 Å². The van der Waals surface area contributed by atoms with Gasteiger partial charge in [0.2, 0.25) is 0 Å². The van der Waals surface area contributed by atoms with Crippen molar-refractivity contribution in [2.24, 2.45) is 0 Å². The molecule has 174 valence electrons. The molecule has 0 unspecified atom stereocenters. The number of halogens is 1. The van der Waals surface area contributed by atoms with E-state index in [0.29, 0.717) is 11.1 Å². The van der Waals surface area contributed by atoms with Crippen LogP contribution in [0.4, 0.5) is 0 Å². The van der Waals surface area contributed by atoms with Crippen LogP contribution >= 0.6 is 11.6 Å². The van der Waals surface area contributed by atoms with E-state index in [9.17, 15) is 9.59 Å². The summed E-state index contributed by atoms with van der Waals surface area (Å²) in [5.41, 5.74) is 1.85. The SMILES string of the molecule is CCOC(=O)c1cc(-c2ccc3c4ccccc4c4ccccc4c3c2)c(C(=O)OCC)cc1Cl. The molecule has 0 spiro atoms. The number of carbonyl (C=O) groups is 2. The number of benzene rings is 5. The Balaban J connectivity index is 1.82. The first-order valence-electron chi connectivity index (χ1n) is 11.5. The van der Waals surface area contributed by atoms with E-state index >= 15 is 0 Å². The van der Waals surface area contributed by atoms with E-state index in [1.54, 1.807) is 19.9 Å². The maximum atomic E-state index is 12.9. The van der Waals surface area contributed by atoms with Crippen molar-refractivity contribution >= 4 is 55.9 Å². The van der Waals surface area contributed by atoms with E-state index in [2.05, 4.69) is 36.4 Å². The number of ether oxygens (including phenoxy) is 2. The summed E-state index contributed by atoms with van der Waals surface area (Å²) >= 11 is 6.39. The van der Waals surface area contributed by atoms with Gasteiger partial charge in [0.25, 0.3) is 0 Å². The van der Waals surface area contributed by atoms with Crippen molar-refractivity contribution < 1.29 is 19.1 Å². The average molecular weight is 483 g/mol. The fourth-order valence-corrected chi connectivity index (χ4v) is 4.87. The zero-order chi connectivity index (χ0) is 24.5. The van der Waals surface area contributed by atoms with Crippen LogP contribution in [0.25, 0.3) is 43.4 Å². The third kappa shape index (κ3) is 4.00. The lowest BCUT2D eigenvalue weighted by Gasteiger charge is -2.15. The van der Waals surface area contributed by atoms with E-state index in [-0.39, 0.29) is 23.8 Å². The molecule has 0 fully saturated rings. The van der Waals surface area contributed by atoms with Crippen LogP contribution in [0.1, 0.15) is 34.6 Å².